The lowest BCUT2D eigenvalue weighted by Crippen LogP contribution is -2.36. The predicted molar refractivity (Wildman–Crippen MR) is 95.2 cm³/mol. The number of rotatable bonds is 3. The van der Waals surface area contributed by atoms with E-state index in [-0.39, 0.29) is 23.8 Å². The van der Waals surface area contributed by atoms with Gasteiger partial charge in [0.1, 0.15) is 0 Å². The van der Waals surface area contributed by atoms with Gasteiger partial charge in [-0.15, -0.1) is 0 Å². The Hall–Kier alpha value is -1.59. The van der Waals surface area contributed by atoms with Crippen molar-refractivity contribution in [2.45, 2.75) is 44.6 Å². The van der Waals surface area contributed by atoms with Crippen LogP contribution < -0.4 is 11.1 Å². The molecule has 1 aliphatic heterocycles. The van der Waals surface area contributed by atoms with Crippen molar-refractivity contribution in [1.82, 2.24) is 4.90 Å². The summed E-state index contributed by atoms with van der Waals surface area (Å²) in [6, 6.07) is 5.15. The monoisotopic (exact) mass is 349 g/mol. The third kappa shape index (κ3) is 3.90. The third-order valence-corrected chi connectivity index (χ3v) is 5.19. The third-order valence-electron chi connectivity index (χ3n) is 4.96. The summed E-state index contributed by atoms with van der Waals surface area (Å²) in [5, 5.41) is 3.41. The fourth-order valence-electron chi connectivity index (χ4n) is 3.56. The van der Waals surface area contributed by atoms with Crippen molar-refractivity contribution in [3.05, 3.63) is 28.8 Å². The van der Waals surface area contributed by atoms with Gasteiger partial charge in [0.2, 0.25) is 5.91 Å². The smallest absolute Gasteiger partial charge is 0.255 e. The van der Waals surface area contributed by atoms with Crippen molar-refractivity contribution in [3.8, 4) is 0 Å². The Labute approximate surface area is 147 Å². The Kier molecular flexibility index (Phi) is 5.41. The van der Waals surface area contributed by atoms with Crippen LogP contribution in [0.25, 0.3) is 0 Å². The molecule has 2 aliphatic rings. The van der Waals surface area contributed by atoms with Crippen LogP contribution in [0.2, 0.25) is 5.02 Å². The van der Waals surface area contributed by atoms with Crippen molar-refractivity contribution in [1.29, 1.82) is 0 Å². The van der Waals surface area contributed by atoms with Crippen LogP contribution in [0.5, 0.6) is 0 Å². The van der Waals surface area contributed by atoms with Gasteiger partial charge < -0.3 is 16.0 Å². The minimum absolute atomic E-state index is 0.0372. The Morgan fingerprint density at radius 2 is 1.92 bits per heavy atom. The van der Waals surface area contributed by atoms with E-state index in [1.807, 2.05) is 4.90 Å². The zero-order valence-corrected chi connectivity index (χ0v) is 14.5. The number of hydrogen-bond acceptors (Lipinski definition) is 3. The Morgan fingerprint density at radius 1 is 1.17 bits per heavy atom. The van der Waals surface area contributed by atoms with Crippen molar-refractivity contribution < 1.29 is 9.59 Å². The molecular formula is C18H24ClN3O2. The molecule has 2 atom stereocenters. The fourth-order valence-corrected chi connectivity index (χ4v) is 3.74. The molecule has 1 saturated heterocycles. The van der Waals surface area contributed by atoms with Gasteiger partial charge >= 0.3 is 0 Å². The molecule has 5 nitrogen and oxygen atoms in total. The van der Waals surface area contributed by atoms with Gasteiger partial charge in [0.05, 0.1) is 11.3 Å². The van der Waals surface area contributed by atoms with Crippen molar-refractivity contribution in [2.75, 3.05) is 18.4 Å². The van der Waals surface area contributed by atoms with Crippen LogP contribution >= 0.6 is 11.6 Å². The molecule has 1 aromatic carbocycles. The lowest BCUT2D eigenvalue weighted by atomic mass is 10.1. The topological polar surface area (TPSA) is 75.4 Å². The number of carbonyl (C=O) groups is 2. The summed E-state index contributed by atoms with van der Waals surface area (Å²) in [5.41, 5.74) is 6.91. The number of benzene rings is 1. The van der Waals surface area contributed by atoms with E-state index in [0.29, 0.717) is 22.7 Å². The SMILES string of the molecule is NC1CCC(C(=O)Nc2cc(Cl)ccc2C(=O)N2CCCCC2)C1. The summed E-state index contributed by atoms with van der Waals surface area (Å²) in [4.78, 5) is 27.1. The van der Waals surface area contributed by atoms with Gasteiger partial charge in [-0.25, -0.2) is 0 Å². The highest BCUT2D eigenvalue weighted by atomic mass is 35.5. The van der Waals surface area contributed by atoms with Gasteiger partial charge in [-0.2, -0.15) is 0 Å². The van der Waals surface area contributed by atoms with Crippen LogP contribution in [-0.4, -0.2) is 35.8 Å². The molecule has 1 saturated carbocycles. The lowest BCUT2D eigenvalue weighted by molar-refractivity contribution is -0.119. The van der Waals surface area contributed by atoms with Gasteiger partial charge in [-0.1, -0.05) is 11.6 Å². The second-order valence-electron chi connectivity index (χ2n) is 6.80. The van der Waals surface area contributed by atoms with Crippen LogP contribution in [0.3, 0.4) is 0 Å². The van der Waals surface area contributed by atoms with Crippen molar-refractivity contribution in [2.24, 2.45) is 11.7 Å². The molecule has 130 valence electrons. The van der Waals surface area contributed by atoms with Crippen LogP contribution in [0.15, 0.2) is 18.2 Å². The summed E-state index contributed by atoms with van der Waals surface area (Å²) in [6.07, 6.45) is 5.58. The maximum atomic E-state index is 12.8. The van der Waals surface area contributed by atoms with Crippen LogP contribution in [0, 0.1) is 5.92 Å². The standard InChI is InChI=1S/C18H24ClN3O2/c19-13-5-7-15(18(24)22-8-2-1-3-9-22)16(11-13)21-17(23)12-4-6-14(20)10-12/h5,7,11-12,14H,1-4,6,8-10,20H2,(H,21,23). The van der Waals surface area contributed by atoms with E-state index < -0.39 is 0 Å². The number of hydrogen-bond donors (Lipinski definition) is 2. The Morgan fingerprint density at radius 3 is 2.58 bits per heavy atom. The number of carbonyl (C=O) groups excluding carboxylic acids is 2. The maximum Gasteiger partial charge on any atom is 0.255 e. The van der Waals surface area contributed by atoms with E-state index in [0.717, 1.165) is 45.2 Å². The number of nitrogens with one attached hydrogen (secondary N) is 1. The van der Waals surface area contributed by atoms with Gasteiger partial charge in [0.25, 0.3) is 5.91 Å². The average Bonchev–Trinajstić information content (AvgIpc) is 3.02. The molecule has 6 heteroatoms. The molecule has 1 heterocycles. The van der Waals surface area contributed by atoms with E-state index in [4.69, 9.17) is 17.3 Å². The molecule has 2 fully saturated rings. The average molecular weight is 350 g/mol. The molecule has 1 aliphatic carbocycles. The van der Waals surface area contributed by atoms with Crippen molar-refractivity contribution >= 4 is 29.1 Å². The van der Waals surface area contributed by atoms with E-state index in [1.54, 1.807) is 18.2 Å². The molecule has 3 N–H and O–H groups in total. The van der Waals surface area contributed by atoms with Crippen LogP contribution in [-0.2, 0) is 4.79 Å². The first-order chi connectivity index (χ1) is 11.5. The molecular weight excluding hydrogens is 326 g/mol. The number of nitrogens with two attached hydrogens (primary N) is 1. The first-order valence-corrected chi connectivity index (χ1v) is 9.07. The molecule has 1 aromatic rings. The summed E-state index contributed by atoms with van der Waals surface area (Å²) < 4.78 is 0. The highest BCUT2D eigenvalue weighted by Gasteiger charge is 2.29. The van der Waals surface area contributed by atoms with Gasteiger partial charge in [-0.3, -0.25) is 9.59 Å². The zero-order valence-electron chi connectivity index (χ0n) is 13.8. The minimum atomic E-state index is -0.0862. The minimum Gasteiger partial charge on any atom is -0.339 e. The van der Waals surface area contributed by atoms with E-state index in [2.05, 4.69) is 5.32 Å². The number of likely N-dealkylation sites (tertiary alicyclic amines) is 1. The van der Waals surface area contributed by atoms with E-state index in [9.17, 15) is 9.59 Å². The number of nitrogens with zero attached hydrogens (tertiary/aromatic N) is 1. The predicted octanol–water partition coefficient (Wildman–Crippen LogP) is 3.03. The zero-order chi connectivity index (χ0) is 17.1. The summed E-state index contributed by atoms with van der Waals surface area (Å²) in [6.45, 7) is 1.54. The molecule has 0 bridgehead atoms. The lowest BCUT2D eigenvalue weighted by Gasteiger charge is -2.27. The van der Waals surface area contributed by atoms with Crippen molar-refractivity contribution in [3.63, 3.8) is 0 Å². The number of halogens is 1. The van der Waals surface area contributed by atoms with Gasteiger partial charge in [0, 0.05) is 30.1 Å². The second-order valence-corrected chi connectivity index (χ2v) is 7.24. The number of amides is 2. The van der Waals surface area contributed by atoms with Crippen LogP contribution in [0.4, 0.5) is 5.69 Å². The maximum absolute atomic E-state index is 12.8. The summed E-state index contributed by atoms with van der Waals surface area (Å²) in [7, 11) is 0. The highest BCUT2D eigenvalue weighted by Crippen LogP contribution is 2.28. The Balaban J connectivity index is 1.77. The highest BCUT2D eigenvalue weighted by molar-refractivity contribution is 6.31. The molecule has 0 radical (unpaired) electrons. The largest absolute Gasteiger partial charge is 0.339 e. The first-order valence-electron chi connectivity index (χ1n) is 8.70. The Bertz CT molecular complexity index is 629. The fraction of sp³-hybridized carbons (Fsp3) is 0.556. The molecule has 2 unspecified atom stereocenters. The first kappa shape index (κ1) is 17.2. The van der Waals surface area contributed by atoms with Crippen LogP contribution in [0.1, 0.15) is 48.9 Å². The number of piperidine rings is 1. The molecule has 0 spiro atoms. The normalized spacial score (nSPS) is 24.0. The molecule has 3 rings (SSSR count). The van der Waals surface area contributed by atoms with E-state index >= 15 is 0 Å². The van der Waals surface area contributed by atoms with E-state index in [1.165, 1.54) is 0 Å². The number of anilines is 1. The van der Waals surface area contributed by atoms with Gasteiger partial charge in [-0.05, 0) is 56.7 Å². The second kappa shape index (κ2) is 7.53. The van der Waals surface area contributed by atoms with Gasteiger partial charge in [0.15, 0.2) is 0 Å². The molecule has 24 heavy (non-hydrogen) atoms. The summed E-state index contributed by atoms with van der Waals surface area (Å²) >= 11 is 6.08. The molecule has 2 amide bonds. The molecule has 0 aromatic heterocycles. The quantitative estimate of drug-likeness (QED) is 0.880. The summed E-state index contributed by atoms with van der Waals surface area (Å²) in [5.74, 6) is -0.195.